The van der Waals surface area contributed by atoms with Crippen LogP contribution in [0.4, 0.5) is 14.5 Å². The number of hydrogen-bond donors (Lipinski definition) is 2. The first-order valence-electron chi connectivity index (χ1n) is 4.56. The molecule has 0 radical (unpaired) electrons. The van der Waals surface area contributed by atoms with Crippen molar-refractivity contribution < 1.29 is 13.6 Å². The van der Waals surface area contributed by atoms with Crippen LogP contribution >= 0.6 is 0 Å². The van der Waals surface area contributed by atoms with E-state index in [0.717, 1.165) is 6.07 Å². The number of hydrogen-bond acceptors (Lipinski definition) is 1. The molecule has 0 saturated heterocycles. The van der Waals surface area contributed by atoms with E-state index < -0.39 is 17.5 Å². The highest BCUT2D eigenvalue weighted by Gasteiger charge is 2.09. The van der Waals surface area contributed by atoms with Crippen LogP contribution in [0, 0.1) is 11.6 Å². The van der Waals surface area contributed by atoms with Crippen LogP contribution in [0.1, 0.15) is 10.4 Å². The van der Waals surface area contributed by atoms with Gasteiger partial charge in [-0.1, -0.05) is 0 Å². The van der Waals surface area contributed by atoms with Gasteiger partial charge < -0.3 is 10.3 Å². The van der Waals surface area contributed by atoms with Crippen molar-refractivity contribution in [2.24, 2.45) is 0 Å². The first-order chi connectivity index (χ1) is 7.66. The molecule has 82 valence electrons. The summed E-state index contributed by atoms with van der Waals surface area (Å²) < 4.78 is 25.8. The molecular formula is C11H8F2N2O. The van der Waals surface area contributed by atoms with Crippen molar-refractivity contribution in [1.82, 2.24) is 4.98 Å². The number of benzene rings is 1. The van der Waals surface area contributed by atoms with Gasteiger partial charge >= 0.3 is 0 Å². The van der Waals surface area contributed by atoms with Gasteiger partial charge in [0.05, 0.1) is 11.3 Å². The fraction of sp³-hybridized carbons (Fsp3) is 0. The lowest BCUT2D eigenvalue weighted by atomic mass is 10.2. The molecule has 5 heteroatoms. The highest BCUT2D eigenvalue weighted by molar-refractivity contribution is 6.04. The Morgan fingerprint density at radius 2 is 2.06 bits per heavy atom. The van der Waals surface area contributed by atoms with Gasteiger partial charge in [0.25, 0.3) is 5.91 Å². The lowest BCUT2D eigenvalue weighted by molar-refractivity contribution is 0.102. The number of nitrogens with one attached hydrogen (secondary N) is 2. The Morgan fingerprint density at radius 3 is 2.69 bits per heavy atom. The highest BCUT2D eigenvalue weighted by Crippen LogP contribution is 2.15. The molecule has 3 nitrogen and oxygen atoms in total. The van der Waals surface area contributed by atoms with Crippen LogP contribution in [0.3, 0.4) is 0 Å². The predicted octanol–water partition coefficient (Wildman–Crippen LogP) is 2.55. The second-order valence-corrected chi connectivity index (χ2v) is 3.18. The molecule has 0 aliphatic heterocycles. The van der Waals surface area contributed by atoms with Gasteiger partial charge in [0.15, 0.2) is 0 Å². The largest absolute Gasteiger partial charge is 0.367 e. The van der Waals surface area contributed by atoms with E-state index in [9.17, 15) is 13.6 Å². The van der Waals surface area contributed by atoms with Crippen LogP contribution in [0.25, 0.3) is 0 Å². The van der Waals surface area contributed by atoms with Crippen LogP contribution < -0.4 is 5.32 Å². The minimum atomic E-state index is -0.802. The molecular weight excluding hydrogens is 214 g/mol. The third-order valence-corrected chi connectivity index (χ3v) is 2.04. The summed E-state index contributed by atoms with van der Waals surface area (Å²) in [6.45, 7) is 0. The van der Waals surface area contributed by atoms with Gasteiger partial charge in [-0.25, -0.2) is 8.78 Å². The Kier molecular flexibility index (Phi) is 2.68. The molecule has 0 unspecified atom stereocenters. The van der Waals surface area contributed by atoms with Crippen LogP contribution in [0.2, 0.25) is 0 Å². The van der Waals surface area contributed by atoms with E-state index in [1.807, 2.05) is 0 Å². The van der Waals surface area contributed by atoms with E-state index in [0.29, 0.717) is 11.6 Å². The van der Waals surface area contributed by atoms with Crippen molar-refractivity contribution >= 4 is 11.6 Å². The minimum Gasteiger partial charge on any atom is -0.367 e. The molecule has 2 aromatic rings. The molecule has 0 aliphatic rings. The van der Waals surface area contributed by atoms with Gasteiger partial charge in [0.1, 0.15) is 11.6 Å². The quantitative estimate of drug-likeness (QED) is 0.805. The van der Waals surface area contributed by atoms with Crippen LogP contribution in [0.15, 0.2) is 36.7 Å². The summed E-state index contributed by atoms with van der Waals surface area (Å²) in [7, 11) is 0. The standard InChI is InChI=1S/C11H8F2N2O/c12-8-1-2-10(9(13)5-8)15-11(16)7-3-4-14-6-7/h1-6,14H,(H,15,16). The maximum Gasteiger partial charge on any atom is 0.257 e. The monoisotopic (exact) mass is 222 g/mol. The zero-order chi connectivity index (χ0) is 11.5. The molecule has 0 bridgehead atoms. The average molecular weight is 222 g/mol. The number of aromatic nitrogens is 1. The van der Waals surface area contributed by atoms with Gasteiger partial charge in [-0.15, -0.1) is 0 Å². The molecule has 1 heterocycles. The highest BCUT2D eigenvalue weighted by atomic mass is 19.1. The number of amides is 1. The third kappa shape index (κ3) is 2.08. The molecule has 1 aromatic carbocycles. The SMILES string of the molecule is O=C(Nc1ccc(F)cc1F)c1cc[nH]c1. The van der Waals surface area contributed by atoms with Crippen LogP contribution in [-0.2, 0) is 0 Å². The fourth-order valence-electron chi connectivity index (χ4n) is 1.25. The second-order valence-electron chi connectivity index (χ2n) is 3.18. The Morgan fingerprint density at radius 1 is 1.25 bits per heavy atom. The zero-order valence-corrected chi connectivity index (χ0v) is 8.13. The van der Waals surface area contributed by atoms with E-state index in [-0.39, 0.29) is 5.69 Å². The van der Waals surface area contributed by atoms with Gasteiger partial charge in [0.2, 0.25) is 0 Å². The number of anilines is 1. The molecule has 0 fully saturated rings. The summed E-state index contributed by atoms with van der Waals surface area (Å²) >= 11 is 0. The summed E-state index contributed by atoms with van der Waals surface area (Å²) in [5, 5.41) is 2.34. The molecule has 0 saturated carbocycles. The lowest BCUT2D eigenvalue weighted by Gasteiger charge is -2.04. The maximum atomic E-state index is 13.2. The summed E-state index contributed by atoms with van der Waals surface area (Å²) in [6.07, 6.45) is 3.06. The number of H-pyrrole nitrogens is 1. The molecule has 16 heavy (non-hydrogen) atoms. The van der Waals surface area contributed by atoms with Gasteiger partial charge in [-0.05, 0) is 18.2 Å². The first kappa shape index (κ1) is 10.4. The molecule has 0 aliphatic carbocycles. The normalized spacial score (nSPS) is 10.1. The van der Waals surface area contributed by atoms with E-state index in [2.05, 4.69) is 10.3 Å². The molecule has 1 aromatic heterocycles. The Labute approximate surface area is 90.1 Å². The van der Waals surface area contributed by atoms with E-state index in [1.54, 1.807) is 12.3 Å². The van der Waals surface area contributed by atoms with E-state index in [4.69, 9.17) is 0 Å². The van der Waals surface area contributed by atoms with Gasteiger partial charge in [-0.2, -0.15) is 0 Å². The molecule has 0 atom stereocenters. The smallest absolute Gasteiger partial charge is 0.257 e. The number of carbonyl (C=O) groups is 1. The summed E-state index contributed by atoms with van der Waals surface area (Å²) in [6, 6.07) is 4.52. The third-order valence-electron chi connectivity index (χ3n) is 2.04. The summed E-state index contributed by atoms with van der Waals surface area (Å²) in [5.41, 5.74) is 0.330. The summed E-state index contributed by atoms with van der Waals surface area (Å²) in [4.78, 5) is 14.2. The fourth-order valence-corrected chi connectivity index (χ4v) is 1.25. The average Bonchev–Trinajstić information content (AvgIpc) is 2.75. The topological polar surface area (TPSA) is 44.9 Å². The first-order valence-corrected chi connectivity index (χ1v) is 4.56. The van der Waals surface area contributed by atoms with E-state index in [1.165, 1.54) is 12.3 Å². The van der Waals surface area contributed by atoms with Crippen LogP contribution in [0.5, 0.6) is 0 Å². The van der Waals surface area contributed by atoms with Crippen molar-refractivity contribution in [1.29, 1.82) is 0 Å². The summed E-state index contributed by atoms with van der Waals surface area (Å²) in [5.74, 6) is -1.94. The molecule has 0 spiro atoms. The second kappa shape index (κ2) is 4.14. The van der Waals surface area contributed by atoms with Crippen molar-refractivity contribution in [3.8, 4) is 0 Å². The molecule has 2 rings (SSSR count). The van der Waals surface area contributed by atoms with Crippen molar-refractivity contribution in [2.45, 2.75) is 0 Å². The van der Waals surface area contributed by atoms with Crippen molar-refractivity contribution in [2.75, 3.05) is 5.32 Å². The molecule has 1 amide bonds. The number of halogens is 2. The van der Waals surface area contributed by atoms with Gasteiger partial charge in [0, 0.05) is 18.5 Å². The van der Waals surface area contributed by atoms with Crippen molar-refractivity contribution in [3.63, 3.8) is 0 Å². The molecule has 2 N–H and O–H groups in total. The number of carbonyl (C=O) groups excluding carboxylic acids is 1. The zero-order valence-electron chi connectivity index (χ0n) is 8.13. The minimum absolute atomic E-state index is 0.0485. The van der Waals surface area contributed by atoms with Crippen molar-refractivity contribution in [3.05, 3.63) is 53.9 Å². The number of aromatic amines is 1. The van der Waals surface area contributed by atoms with Crippen LogP contribution in [-0.4, -0.2) is 10.9 Å². The maximum absolute atomic E-state index is 13.2. The Balaban J connectivity index is 2.18. The Bertz CT molecular complexity index is 509. The Hall–Kier alpha value is -2.17. The number of rotatable bonds is 2. The van der Waals surface area contributed by atoms with E-state index >= 15 is 0 Å². The lowest BCUT2D eigenvalue weighted by Crippen LogP contribution is -2.12. The van der Waals surface area contributed by atoms with Gasteiger partial charge in [-0.3, -0.25) is 4.79 Å². The predicted molar refractivity (Wildman–Crippen MR) is 55.1 cm³/mol.